The summed E-state index contributed by atoms with van der Waals surface area (Å²) in [5.41, 5.74) is -0.203. The summed E-state index contributed by atoms with van der Waals surface area (Å²) in [7, 11) is 1.03. The van der Waals surface area contributed by atoms with Gasteiger partial charge in [0, 0.05) is 17.7 Å². The average molecular weight is 460 g/mol. The van der Waals surface area contributed by atoms with Crippen LogP contribution in [0.4, 0.5) is 0 Å². The SMILES string of the molecule is COC(=O)[C@H]1OC(Oc2cc3oc(-c4ccccc4)cc(=O)c3c(O)c2O)[C@H](O)[C@@H](O)[C@@H]1O. The minimum atomic E-state index is -1.85. The molecule has 0 bridgehead atoms. The molecule has 0 radical (unpaired) electrons. The number of aromatic hydroxyl groups is 2. The fourth-order valence-electron chi connectivity index (χ4n) is 3.49. The molecule has 1 aliphatic rings. The van der Waals surface area contributed by atoms with Gasteiger partial charge in [-0.2, -0.15) is 0 Å². The van der Waals surface area contributed by atoms with E-state index in [0.717, 1.165) is 19.2 Å². The molecular formula is C22H20O11. The molecule has 0 saturated carbocycles. The van der Waals surface area contributed by atoms with Crippen molar-refractivity contribution in [1.29, 1.82) is 0 Å². The Bertz CT molecular complexity index is 1240. The minimum Gasteiger partial charge on any atom is -0.504 e. The summed E-state index contributed by atoms with van der Waals surface area (Å²) in [5.74, 6) is -3.04. The van der Waals surface area contributed by atoms with Crippen LogP contribution in [0.1, 0.15) is 0 Å². The van der Waals surface area contributed by atoms with Crippen molar-refractivity contribution in [3.63, 3.8) is 0 Å². The van der Waals surface area contributed by atoms with Crippen molar-refractivity contribution in [2.75, 3.05) is 7.11 Å². The maximum Gasteiger partial charge on any atom is 0.337 e. The van der Waals surface area contributed by atoms with Crippen LogP contribution in [0.2, 0.25) is 0 Å². The van der Waals surface area contributed by atoms with Gasteiger partial charge in [-0.3, -0.25) is 4.79 Å². The van der Waals surface area contributed by atoms with E-state index in [0.29, 0.717) is 5.56 Å². The molecule has 5 atom stereocenters. The molecule has 11 nitrogen and oxygen atoms in total. The molecule has 11 heteroatoms. The Hall–Kier alpha value is -3.64. The number of ether oxygens (including phenoxy) is 3. The van der Waals surface area contributed by atoms with Crippen molar-refractivity contribution < 1.29 is 49.0 Å². The quantitative estimate of drug-likeness (QED) is 0.266. The predicted octanol–water partition coefficient (Wildman–Crippen LogP) is 0.231. The fraction of sp³-hybridized carbons (Fsp3) is 0.273. The largest absolute Gasteiger partial charge is 0.504 e. The number of rotatable bonds is 4. The molecule has 0 amide bonds. The number of carbonyl (C=O) groups is 1. The Kier molecular flexibility index (Phi) is 5.95. The van der Waals surface area contributed by atoms with E-state index < -0.39 is 59.4 Å². The van der Waals surface area contributed by atoms with Crippen LogP contribution in [0.15, 0.2) is 51.7 Å². The Balaban J connectivity index is 1.75. The number of methoxy groups -OCH3 is 1. The third kappa shape index (κ3) is 3.98. The highest BCUT2D eigenvalue weighted by Crippen LogP contribution is 2.42. The van der Waals surface area contributed by atoms with Crippen LogP contribution >= 0.6 is 0 Å². The Labute approximate surface area is 185 Å². The maximum absolute atomic E-state index is 12.6. The normalized spacial score (nSPS) is 25.0. The highest BCUT2D eigenvalue weighted by atomic mass is 16.7. The smallest absolute Gasteiger partial charge is 0.337 e. The molecule has 2 aromatic carbocycles. The zero-order chi connectivity index (χ0) is 23.9. The third-order valence-corrected chi connectivity index (χ3v) is 5.24. The lowest BCUT2D eigenvalue weighted by Crippen LogP contribution is -2.61. The number of fused-ring (bicyclic) bond motifs is 1. The lowest BCUT2D eigenvalue weighted by molar-refractivity contribution is -0.272. The summed E-state index contributed by atoms with van der Waals surface area (Å²) >= 11 is 0. The monoisotopic (exact) mass is 460 g/mol. The van der Waals surface area contributed by atoms with Gasteiger partial charge in [0.15, 0.2) is 23.0 Å². The van der Waals surface area contributed by atoms with Gasteiger partial charge < -0.3 is 44.2 Å². The Morgan fingerprint density at radius 2 is 1.67 bits per heavy atom. The zero-order valence-electron chi connectivity index (χ0n) is 17.1. The summed E-state index contributed by atoms with van der Waals surface area (Å²) in [4.78, 5) is 24.4. The molecule has 174 valence electrons. The summed E-state index contributed by atoms with van der Waals surface area (Å²) in [5, 5.41) is 50.7. The number of aliphatic hydroxyl groups excluding tert-OH is 3. The number of esters is 1. The molecule has 1 fully saturated rings. The van der Waals surface area contributed by atoms with E-state index in [2.05, 4.69) is 4.74 Å². The molecule has 1 unspecified atom stereocenters. The highest BCUT2D eigenvalue weighted by Gasteiger charge is 2.48. The summed E-state index contributed by atoms with van der Waals surface area (Å²) < 4.78 is 20.8. The minimum absolute atomic E-state index is 0.151. The second-order valence-electron chi connectivity index (χ2n) is 7.32. The van der Waals surface area contributed by atoms with Gasteiger partial charge in [-0.15, -0.1) is 0 Å². The van der Waals surface area contributed by atoms with E-state index in [1.165, 1.54) is 0 Å². The molecule has 0 aliphatic carbocycles. The fourth-order valence-corrected chi connectivity index (χ4v) is 3.49. The van der Waals surface area contributed by atoms with Crippen molar-refractivity contribution in [2.45, 2.75) is 30.7 Å². The van der Waals surface area contributed by atoms with Crippen LogP contribution in [0.3, 0.4) is 0 Å². The van der Waals surface area contributed by atoms with Crippen LogP contribution in [-0.4, -0.2) is 69.3 Å². The van der Waals surface area contributed by atoms with Gasteiger partial charge in [0.25, 0.3) is 0 Å². The lowest BCUT2D eigenvalue weighted by Gasteiger charge is -2.38. The average Bonchev–Trinajstić information content (AvgIpc) is 2.82. The second-order valence-corrected chi connectivity index (χ2v) is 7.32. The van der Waals surface area contributed by atoms with Gasteiger partial charge in [0.05, 0.1) is 7.11 Å². The van der Waals surface area contributed by atoms with Crippen LogP contribution in [-0.2, 0) is 14.3 Å². The maximum atomic E-state index is 12.6. The summed E-state index contributed by atoms with van der Waals surface area (Å²) in [6, 6.07) is 10.9. The number of hydrogen-bond donors (Lipinski definition) is 5. The van der Waals surface area contributed by atoms with Crippen molar-refractivity contribution in [2.24, 2.45) is 0 Å². The first kappa shape index (κ1) is 22.6. The number of phenols is 2. The molecule has 3 aromatic rings. The van der Waals surface area contributed by atoms with E-state index in [1.807, 2.05) is 0 Å². The van der Waals surface area contributed by atoms with E-state index in [1.54, 1.807) is 30.3 Å². The molecule has 1 aliphatic heterocycles. The van der Waals surface area contributed by atoms with E-state index in [-0.39, 0.29) is 16.7 Å². The molecule has 5 N–H and O–H groups in total. The molecule has 1 aromatic heterocycles. The van der Waals surface area contributed by atoms with E-state index in [9.17, 15) is 35.1 Å². The molecule has 2 heterocycles. The number of carbonyl (C=O) groups excluding carboxylic acids is 1. The van der Waals surface area contributed by atoms with Crippen LogP contribution < -0.4 is 10.2 Å². The predicted molar refractivity (Wildman–Crippen MR) is 111 cm³/mol. The Morgan fingerprint density at radius 3 is 2.33 bits per heavy atom. The topological polar surface area (TPSA) is 176 Å². The zero-order valence-corrected chi connectivity index (χ0v) is 17.1. The van der Waals surface area contributed by atoms with Gasteiger partial charge in [-0.25, -0.2) is 4.79 Å². The van der Waals surface area contributed by atoms with Crippen LogP contribution in [0, 0.1) is 0 Å². The van der Waals surface area contributed by atoms with E-state index >= 15 is 0 Å². The van der Waals surface area contributed by atoms with Gasteiger partial charge in [0.2, 0.25) is 12.0 Å². The van der Waals surface area contributed by atoms with Gasteiger partial charge in [0.1, 0.15) is 35.0 Å². The first-order valence-electron chi connectivity index (χ1n) is 9.75. The number of aliphatic hydroxyl groups is 3. The third-order valence-electron chi connectivity index (χ3n) is 5.24. The number of benzene rings is 2. The van der Waals surface area contributed by atoms with Gasteiger partial charge in [-0.05, 0) is 0 Å². The van der Waals surface area contributed by atoms with Crippen LogP contribution in [0.25, 0.3) is 22.3 Å². The molecular weight excluding hydrogens is 440 g/mol. The second kappa shape index (κ2) is 8.71. The van der Waals surface area contributed by atoms with Gasteiger partial charge in [-0.1, -0.05) is 30.3 Å². The van der Waals surface area contributed by atoms with Crippen LogP contribution in [0.5, 0.6) is 17.2 Å². The van der Waals surface area contributed by atoms with Crippen molar-refractivity contribution in [3.8, 4) is 28.6 Å². The summed E-state index contributed by atoms with van der Waals surface area (Å²) in [6.45, 7) is 0. The Morgan fingerprint density at radius 1 is 0.970 bits per heavy atom. The number of phenolic OH excluding ortho intramolecular Hbond substituents is 2. The van der Waals surface area contributed by atoms with Crippen molar-refractivity contribution >= 4 is 16.9 Å². The number of hydrogen-bond acceptors (Lipinski definition) is 11. The van der Waals surface area contributed by atoms with E-state index in [4.69, 9.17) is 13.9 Å². The molecule has 4 rings (SSSR count). The summed E-state index contributed by atoms with van der Waals surface area (Å²) in [6.07, 6.45) is -8.97. The van der Waals surface area contributed by atoms with Crippen molar-refractivity contribution in [1.82, 2.24) is 0 Å². The lowest BCUT2D eigenvalue weighted by atomic mass is 9.99. The molecule has 1 saturated heterocycles. The van der Waals surface area contributed by atoms with Gasteiger partial charge >= 0.3 is 5.97 Å². The standard InChI is InChI=1S/C22H20O11/c1-30-21(29)20-18(27)17(26)19(28)22(33-20)32-13-8-12-14(16(25)15(13)24)10(23)7-11(31-12)9-5-3-2-4-6-9/h2-8,17-20,22,24-28H,1H3/t17-,18-,19+,20-,22?/m0/s1. The highest BCUT2D eigenvalue weighted by molar-refractivity contribution is 5.89. The first-order valence-corrected chi connectivity index (χ1v) is 9.75. The first-order chi connectivity index (χ1) is 15.7. The van der Waals surface area contributed by atoms with Crippen molar-refractivity contribution in [3.05, 3.63) is 52.7 Å². The molecule has 0 spiro atoms. The molecule has 33 heavy (non-hydrogen) atoms.